The zero-order valence-corrected chi connectivity index (χ0v) is 31.6. The highest BCUT2D eigenvalue weighted by molar-refractivity contribution is 6.10. The molecule has 2 heterocycles. The first-order valence-electron chi connectivity index (χ1n) is 19.7. The number of hydrogen-bond donors (Lipinski definition) is 0. The number of benzene rings is 9. The Morgan fingerprint density at radius 3 is 1.50 bits per heavy atom. The molecular weight excluding hydrogens is 705 g/mol. The topological polar surface area (TPSA) is 31.0 Å². The van der Waals surface area contributed by atoms with Crippen molar-refractivity contribution >= 4 is 32.9 Å². The van der Waals surface area contributed by atoms with Crippen LogP contribution in [0.4, 0.5) is 0 Å². The summed E-state index contributed by atoms with van der Waals surface area (Å²) < 4.78 is 8.45. The highest BCUT2D eigenvalue weighted by atomic mass is 16.3. The Hall–Kier alpha value is -7.75. The molecule has 3 nitrogen and oxygen atoms in total. The summed E-state index contributed by atoms with van der Waals surface area (Å²) in [5, 5.41) is 2.49. The van der Waals surface area contributed by atoms with Crippen molar-refractivity contribution in [2.45, 2.75) is 0 Å². The van der Waals surface area contributed by atoms with Crippen LogP contribution in [0.1, 0.15) is 0 Å². The van der Waals surface area contributed by atoms with Crippen LogP contribution in [0.2, 0.25) is 0 Å². The van der Waals surface area contributed by atoms with Gasteiger partial charge in [0.25, 0.3) is 0 Å². The number of hydrogen-bond acceptors (Lipinski definition) is 2. The van der Waals surface area contributed by atoms with Crippen LogP contribution in [-0.4, -0.2) is 9.55 Å². The zero-order valence-electron chi connectivity index (χ0n) is 31.6. The molecule has 272 valence electrons. The standard InChI is InChI=1S/C55H36N2O/c1-2-12-37(13-3-1)38-22-24-39(25-23-38)43-32-35-53-50(36-43)49-18-8-10-20-52(49)57(53)44-33-30-41(31-34-44)46-15-5-7-17-48(46)47-16-6-4-14-45(47)40-26-28-42(29-27-40)55-56-51-19-9-11-21-54(51)58-55/h1-36H. The van der Waals surface area contributed by atoms with Gasteiger partial charge in [-0.05, 0) is 110 Å². The van der Waals surface area contributed by atoms with Crippen molar-refractivity contribution in [2.75, 3.05) is 0 Å². The Morgan fingerprint density at radius 2 is 0.810 bits per heavy atom. The summed E-state index contributed by atoms with van der Waals surface area (Å²) in [4.78, 5) is 4.70. The molecule has 0 amide bonds. The largest absolute Gasteiger partial charge is 0.436 e. The molecule has 0 N–H and O–H groups in total. The van der Waals surface area contributed by atoms with Crippen molar-refractivity contribution in [1.82, 2.24) is 9.55 Å². The van der Waals surface area contributed by atoms with Crippen molar-refractivity contribution in [3.05, 3.63) is 218 Å². The maximum atomic E-state index is 6.06. The number of rotatable bonds is 7. The lowest BCUT2D eigenvalue weighted by Crippen LogP contribution is -1.94. The smallest absolute Gasteiger partial charge is 0.227 e. The molecule has 9 aromatic carbocycles. The Balaban J connectivity index is 0.928. The zero-order chi connectivity index (χ0) is 38.4. The lowest BCUT2D eigenvalue weighted by Gasteiger charge is -2.15. The molecule has 0 bridgehead atoms. The normalized spacial score (nSPS) is 11.4. The molecule has 0 aliphatic carbocycles. The van der Waals surface area contributed by atoms with Crippen LogP contribution in [-0.2, 0) is 0 Å². The van der Waals surface area contributed by atoms with Crippen LogP contribution in [0.15, 0.2) is 223 Å². The first-order valence-corrected chi connectivity index (χ1v) is 19.7. The van der Waals surface area contributed by atoms with Gasteiger partial charge in [0.2, 0.25) is 5.89 Å². The molecule has 0 spiro atoms. The first-order chi connectivity index (χ1) is 28.7. The number of nitrogens with zero attached hydrogens (tertiary/aromatic N) is 2. The number of fused-ring (bicyclic) bond motifs is 4. The molecule has 0 saturated carbocycles. The van der Waals surface area contributed by atoms with Gasteiger partial charge in [-0.2, -0.15) is 0 Å². The second-order valence-corrected chi connectivity index (χ2v) is 14.7. The van der Waals surface area contributed by atoms with Crippen LogP contribution in [0.5, 0.6) is 0 Å². The summed E-state index contributed by atoms with van der Waals surface area (Å²) in [6.45, 7) is 0. The Kier molecular flexibility index (Phi) is 8.15. The van der Waals surface area contributed by atoms with Gasteiger partial charge in [0.05, 0.1) is 11.0 Å². The van der Waals surface area contributed by atoms with Gasteiger partial charge in [-0.25, -0.2) is 4.98 Å². The van der Waals surface area contributed by atoms with Gasteiger partial charge in [-0.1, -0.05) is 164 Å². The van der Waals surface area contributed by atoms with Crippen molar-refractivity contribution < 1.29 is 4.42 Å². The van der Waals surface area contributed by atoms with E-state index in [1.807, 2.05) is 24.3 Å². The van der Waals surface area contributed by atoms with Crippen LogP contribution < -0.4 is 0 Å². The molecule has 0 aliphatic heterocycles. The van der Waals surface area contributed by atoms with Gasteiger partial charge in [-0.15, -0.1) is 0 Å². The predicted octanol–water partition coefficient (Wildman–Crippen LogP) is 14.9. The maximum Gasteiger partial charge on any atom is 0.227 e. The van der Waals surface area contributed by atoms with Gasteiger partial charge in [0.1, 0.15) is 5.52 Å². The lowest BCUT2D eigenvalue weighted by atomic mass is 9.89. The Morgan fingerprint density at radius 1 is 0.328 bits per heavy atom. The van der Waals surface area contributed by atoms with Crippen molar-refractivity contribution in [3.63, 3.8) is 0 Å². The summed E-state index contributed by atoms with van der Waals surface area (Å²) in [6.07, 6.45) is 0. The van der Waals surface area contributed by atoms with E-state index in [0.717, 1.165) is 27.9 Å². The quantitative estimate of drug-likeness (QED) is 0.163. The maximum absolute atomic E-state index is 6.06. The molecule has 0 fully saturated rings. The highest BCUT2D eigenvalue weighted by Gasteiger charge is 2.16. The molecular formula is C55H36N2O. The number of para-hydroxylation sites is 3. The van der Waals surface area contributed by atoms with Gasteiger partial charge < -0.3 is 8.98 Å². The van der Waals surface area contributed by atoms with Crippen LogP contribution in [0.25, 0.3) is 106 Å². The van der Waals surface area contributed by atoms with E-state index >= 15 is 0 Å². The summed E-state index contributed by atoms with van der Waals surface area (Å²) in [6, 6.07) is 77.9. The monoisotopic (exact) mass is 740 g/mol. The minimum absolute atomic E-state index is 0.630. The summed E-state index contributed by atoms with van der Waals surface area (Å²) in [5.41, 5.74) is 18.0. The molecule has 58 heavy (non-hydrogen) atoms. The molecule has 11 aromatic rings. The van der Waals surface area contributed by atoms with Crippen LogP contribution >= 0.6 is 0 Å². The molecule has 0 radical (unpaired) electrons. The van der Waals surface area contributed by atoms with E-state index in [2.05, 4.69) is 199 Å². The van der Waals surface area contributed by atoms with Crippen LogP contribution in [0, 0.1) is 0 Å². The van der Waals surface area contributed by atoms with E-state index in [4.69, 9.17) is 9.40 Å². The van der Waals surface area contributed by atoms with E-state index in [9.17, 15) is 0 Å². The van der Waals surface area contributed by atoms with Crippen molar-refractivity contribution in [1.29, 1.82) is 0 Å². The van der Waals surface area contributed by atoms with E-state index in [0.29, 0.717) is 5.89 Å². The molecule has 11 rings (SSSR count). The van der Waals surface area contributed by atoms with Crippen LogP contribution in [0.3, 0.4) is 0 Å². The molecule has 0 aliphatic rings. The third-order valence-corrected chi connectivity index (χ3v) is 11.3. The summed E-state index contributed by atoms with van der Waals surface area (Å²) in [5.74, 6) is 0.630. The second-order valence-electron chi connectivity index (χ2n) is 14.7. The SMILES string of the molecule is c1ccc(-c2ccc(-c3ccc4c(c3)c3ccccc3n4-c3ccc(-c4ccccc4-c4ccccc4-c4ccc(-c5nc6ccccc6o5)cc4)cc3)cc2)cc1. The fraction of sp³-hybridized carbons (Fsp3) is 0. The third-order valence-electron chi connectivity index (χ3n) is 11.3. The molecule has 0 saturated heterocycles. The van der Waals surface area contributed by atoms with Crippen molar-refractivity contribution in [2.24, 2.45) is 0 Å². The van der Waals surface area contributed by atoms with Crippen molar-refractivity contribution in [3.8, 4) is 72.8 Å². The first kappa shape index (κ1) is 33.6. The fourth-order valence-electron chi connectivity index (χ4n) is 8.43. The van der Waals surface area contributed by atoms with Gasteiger partial charge >= 0.3 is 0 Å². The lowest BCUT2D eigenvalue weighted by molar-refractivity contribution is 0.620. The molecule has 3 heteroatoms. The average Bonchev–Trinajstić information content (AvgIpc) is 3.89. The minimum Gasteiger partial charge on any atom is -0.436 e. The van der Waals surface area contributed by atoms with Gasteiger partial charge in [0.15, 0.2) is 5.58 Å². The second kappa shape index (κ2) is 14.1. The summed E-state index contributed by atoms with van der Waals surface area (Å²) in [7, 11) is 0. The van der Waals surface area contributed by atoms with E-state index in [-0.39, 0.29) is 0 Å². The minimum atomic E-state index is 0.630. The van der Waals surface area contributed by atoms with E-state index < -0.39 is 0 Å². The fourth-order valence-corrected chi connectivity index (χ4v) is 8.43. The number of aromatic nitrogens is 2. The Bertz CT molecular complexity index is 3210. The highest BCUT2D eigenvalue weighted by Crippen LogP contribution is 2.40. The summed E-state index contributed by atoms with van der Waals surface area (Å²) >= 11 is 0. The molecule has 0 unspecified atom stereocenters. The average molecular weight is 741 g/mol. The van der Waals surface area contributed by atoms with E-state index in [1.54, 1.807) is 0 Å². The number of oxazole rings is 1. The van der Waals surface area contributed by atoms with E-state index in [1.165, 1.54) is 71.9 Å². The third kappa shape index (κ3) is 5.89. The van der Waals surface area contributed by atoms with Gasteiger partial charge in [0, 0.05) is 22.0 Å². The van der Waals surface area contributed by atoms with Gasteiger partial charge in [-0.3, -0.25) is 0 Å². The molecule has 0 atom stereocenters. The Labute approximate surface area is 336 Å². The predicted molar refractivity (Wildman–Crippen MR) is 241 cm³/mol. The molecule has 2 aromatic heterocycles.